The van der Waals surface area contributed by atoms with Crippen molar-refractivity contribution in [3.05, 3.63) is 113 Å². The largest absolute Gasteiger partial charge is 0.497 e. The van der Waals surface area contributed by atoms with Gasteiger partial charge < -0.3 is 24.4 Å². The first kappa shape index (κ1) is 36.8. The zero-order valence-electron chi connectivity index (χ0n) is 29.1. The van der Waals surface area contributed by atoms with Crippen molar-refractivity contribution in [2.45, 2.75) is 57.6 Å². The average Bonchev–Trinajstić information content (AvgIpc) is 3.07. The maximum absolute atomic E-state index is 14.7. The highest BCUT2D eigenvalue weighted by molar-refractivity contribution is 7.92. The van der Waals surface area contributed by atoms with E-state index in [2.05, 4.69) is 5.32 Å². The number of carbonyl (C=O) groups excluding carboxylic acids is 2. The van der Waals surface area contributed by atoms with E-state index in [9.17, 15) is 18.0 Å². The second kappa shape index (κ2) is 16.4. The molecule has 0 aliphatic carbocycles. The average molecular weight is 688 g/mol. The molecule has 0 heterocycles. The van der Waals surface area contributed by atoms with Gasteiger partial charge in [-0.1, -0.05) is 48.5 Å². The molecule has 11 heteroatoms. The van der Waals surface area contributed by atoms with Crippen molar-refractivity contribution in [1.82, 2.24) is 10.2 Å². The van der Waals surface area contributed by atoms with E-state index < -0.39 is 28.5 Å². The molecule has 0 radical (unpaired) electrons. The van der Waals surface area contributed by atoms with Gasteiger partial charge in [-0.2, -0.15) is 0 Å². The number of hydrogen-bond acceptors (Lipinski definition) is 7. The second-order valence-electron chi connectivity index (χ2n) is 12.1. The molecule has 1 atom stereocenters. The Morgan fingerprint density at radius 2 is 1.41 bits per heavy atom. The maximum atomic E-state index is 14.7. The lowest BCUT2D eigenvalue weighted by molar-refractivity contribution is -0.140. The van der Waals surface area contributed by atoms with Gasteiger partial charge in [0.15, 0.2) is 11.5 Å². The summed E-state index contributed by atoms with van der Waals surface area (Å²) in [5, 5.41) is 2.97. The van der Waals surface area contributed by atoms with Crippen molar-refractivity contribution in [2.75, 3.05) is 32.2 Å². The zero-order valence-corrected chi connectivity index (χ0v) is 29.9. The number of nitrogens with one attached hydrogen (secondary N) is 1. The Morgan fingerprint density at radius 1 is 0.755 bits per heavy atom. The number of rotatable bonds is 15. The number of sulfonamides is 1. The fourth-order valence-corrected chi connectivity index (χ4v) is 7.04. The third-order valence-electron chi connectivity index (χ3n) is 7.91. The van der Waals surface area contributed by atoms with Crippen LogP contribution in [-0.4, -0.2) is 65.1 Å². The third-order valence-corrected chi connectivity index (χ3v) is 9.68. The first-order valence-corrected chi connectivity index (χ1v) is 17.4. The van der Waals surface area contributed by atoms with Crippen molar-refractivity contribution in [3.8, 4) is 17.2 Å². The standard InChI is InChI=1S/C38H45N3O7S/c1-26(2)39-38(43)34(22-29-12-9-8-10-13-29)40(24-30-14-11-15-32(21-30)46-5)37(42)25-41(31-19-27(3)18-28(4)20-31)49(44,45)33-16-17-35(47-6)36(23-33)48-7/h8-21,23,26,34H,22,24-25H2,1-7H3,(H,39,43)/t34-/m0/s1. The topological polar surface area (TPSA) is 114 Å². The highest BCUT2D eigenvalue weighted by atomic mass is 32.2. The van der Waals surface area contributed by atoms with Crippen LogP contribution in [0.4, 0.5) is 5.69 Å². The van der Waals surface area contributed by atoms with E-state index in [0.29, 0.717) is 22.7 Å². The molecule has 0 saturated carbocycles. The molecule has 49 heavy (non-hydrogen) atoms. The molecule has 4 aromatic carbocycles. The summed E-state index contributed by atoms with van der Waals surface area (Å²) < 4.78 is 46.3. The van der Waals surface area contributed by atoms with E-state index in [1.165, 1.54) is 37.3 Å². The van der Waals surface area contributed by atoms with Gasteiger partial charge in [-0.25, -0.2) is 8.42 Å². The van der Waals surface area contributed by atoms with E-state index in [1.807, 2.05) is 70.2 Å². The Kier molecular flexibility index (Phi) is 12.3. The predicted molar refractivity (Wildman–Crippen MR) is 191 cm³/mol. The van der Waals surface area contributed by atoms with Crippen LogP contribution in [0.2, 0.25) is 0 Å². The number of aryl methyl sites for hydroxylation is 2. The summed E-state index contributed by atoms with van der Waals surface area (Å²) in [6.45, 7) is 6.87. The van der Waals surface area contributed by atoms with Crippen LogP contribution in [-0.2, 0) is 32.6 Å². The molecule has 0 saturated heterocycles. The monoisotopic (exact) mass is 687 g/mol. The summed E-state index contributed by atoms with van der Waals surface area (Å²) in [7, 11) is 0.0859. The summed E-state index contributed by atoms with van der Waals surface area (Å²) in [6, 6.07) is 25.1. The van der Waals surface area contributed by atoms with Crippen LogP contribution in [0.15, 0.2) is 95.9 Å². The van der Waals surface area contributed by atoms with Gasteiger partial charge in [-0.15, -0.1) is 0 Å². The Balaban J connectivity index is 1.86. The van der Waals surface area contributed by atoms with Gasteiger partial charge >= 0.3 is 0 Å². The molecule has 10 nitrogen and oxygen atoms in total. The number of nitrogens with zero attached hydrogens (tertiary/aromatic N) is 2. The van der Waals surface area contributed by atoms with Gasteiger partial charge in [0.25, 0.3) is 10.0 Å². The van der Waals surface area contributed by atoms with Crippen molar-refractivity contribution >= 4 is 27.5 Å². The SMILES string of the molecule is COc1cccc(CN(C(=O)CN(c2cc(C)cc(C)c2)S(=O)(=O)c2ccc(OC)c(OC)c2)[C@@H](Cc2ccccc2)C(=O)NC(C)C)c1. The number of carbonyl (C=O) groups is 2. The van der Waals surface area contributed by atoms with Crippen LogP contribution in [0.3, 0.4) is 0 Å². The lowest BCUT2D eigenvalue weighted by Crippen LogP contribution is -2.54. The van der Waals surface area contributed by atoms with Crippen LogP contribution in [0.5, 0.6) is 17.2 Å². The van der Waals surface area contributed by atoms with Gasteiger partial charge in [0.1, 0.15) is 18.3 Å². The number of benzene rings is 4. The van der Waals surface area contributed by atoms with E-state index in [0.717, 1.165) is 21.0 Å². The molecule has 0 spiro atoms. The molecule has 2 amide bonds. The minimum atomic E-state index is -4.35. The molecule has 4 rings (SSSR count). The molecule has 1 N–H and O–H groups in total. The first-order chi connectivity index (χ1) is 23.4. The molecule has 4 aromatic rings. The van der Waals surface area contributed by atoms with Gasteiger partial charge in [0.2, 0.25) is 11.8 Å². The van der Waals surface area contributed by atoms with Crippen molar-refractivity contribution in [1.29, 1.82) is 0 Å². The molecule has 0 aliphatic heterocycles. The lowest BCUT2D eigenvalue weighted by atomic mass is 10.0. The predicted octanol–water partition coefficient (Wildman–Crippen LogP) is 5.69. The Bertz CT molecular complexity index is 1840. The van der Waals surface area contributed by atoms with Crippen LogP contribution < -0.4 is 23.8 Å². The number of amides is 2. The summed E-state index contributed by atoms with van der Waals surface area (Å²) in [5.41, 5.74) is 3.51. The molecule has 0 aliphatic rings. The first-order valence-electron chi connectivity index (χ1n) is 16.0. The van der Waals surface area contributed by atoms with Crippen LogP contribution >= 0.6 is 0 Å². The molecule has 0 bridgehead atoms. The second-order valence-corrected chi connectivity index (χ2v) is 14.0. The maximum Gasteiger partial charge on any atom is 0.264 e. The van der Waals surface area contributed by atoms with Gasteiger partial charge in [0.05, 0.1) is 31.9 Å². The zero-order chi connectivity index (χ0) is 35.7. The van der Waals surface area contributed by atoms with Crippen LogP contribution in [0.1, 0.15) is 36.1 Å². The minimum Gasteiger partial charge on any atom is -0.497 e. The number of hydrogen-bond donors (Lipinski definition) is 1. The number of anilines is 1. The van der Waals surface area contributed by atoms with Gasteiger partial charge in [-0.05, 0) is 86.3 Å². The van der Waals surface area contributed by atoms with Gasteiger partial charge in [0, 0.05) is 25.1 Å². The van der Waals surface area contributed by atoms with E-state index in [1.54, 1.807) is 37.4 Å². The Morgan fingerprint density at radius 3 is 2.02 bits per heavy atom. The molecular weight excluding hydrogens is 642 g/mol. The highest BCUT2D eigenvalue weighted by Gasteiger charge is 2.35. The Hall–Kier alpha value is -5.03. The van der Waals surface area contributed by atoms with Crippen molar-refractivity contribution in [3.63, 3.8) is 0 Å². The Labute approximate surface area is 289 Å². The van der Waals surface area contributed by atoms with E-state index in [-0.39, 0.29) is 35.6 Å². The molecular formula is C38H45N3O7S. The molecule has 0 fully saturated rings. The van der Waals surface area contributed by atoms with E-state index >= 15 is 0 Å². The molecule has 0 unspecified atom stereocenters. The number of methoxy groups -OCH3 is 3. The van der Waals surface area contributed by atoms with Crippen LogP contribution in [0.25, 0.3) is 0 Å². The smallest absolute Gasteiger partial charge is 0.264 e. The van der Waals surface area contributed by atoms with Crippen LogP contribution in [0, 0.1) is 13.8 Å². The number of ether oxygens (including phenoxy) is 3. The van der Waals surface area contributed by atoms with Crippen molar-refractivity contribution < 1.29 is 32.2 Å². The molecule has 260 valence electrons. The lowest BCUT2D eigenvalue weighted by Gasteiger charge is -2.34. The highest BCUT2D eigenvalue weighted by Crippen LogP contribution is 2.33. The third kappa shape index (κ3) is 9.32. The minimum absolute atomic E-state index is 0.0239. The summed E-state index contributed by atoms with van der Waals surface area (Å²) in [5.74, 6) is 0.258. The fourth-order valence-electron chi connectivity index (χ4n) is 5.63. The van der Waals surface area contributed by atoms with E-state index in [4.69, 9.17) is 14.2 Å². The summed E-state index contributed by atoms with van der Waals surface area (Å²) in [6.07, 6.45) is 0.209. The summed E-state index contributed by atoms with van der Waals surface area (Å²) >= 11 is 0. The van der Waals surface area contributed by atoms with Gasteiger partial charge in [-0.3, -0.25) is 13.9 Å². The normalized spacial score (nSPS) is 11.8. The fraction of sp³-hybridized carbons (Fsp3) is 0.316. The van der Waals surface area contributed by atoms with Crippen molar-refractivity contribution in [2.24, 2.45) is 0 Å². The quantitative estimate of drug-likeness (QED) is 0.171. The molecule has 0 aromatic heterocycles. The summed E-state index contributed by atoms with van der Waals surface area (Å²) in [4.78, 5) is 30.0.